The van der Waals surface area contributed by atoms with E-state index in [-0.39, 0.29) is 23.8 Å². The van der Waals surface area contributed by atoms with Crippen molar-refractivity contribution in [1.29, 1.82) is 0 Å². The summed E-state index contributed by atoms with van der Waals surface area (Å²) in [4.78, 5) is 28.5. The van der Waals surface area contributed by atoms with Crippen LogP contribution in [0.1, 0.15) is 20.8 Å². The van der Waals surface area contributed by atoms with Crippen LogP contribution >= 0.6 is 0 Å². The fraction of sp³-hybridized carbons (Fsp3) is 0.462. The van der Waals surface area contributed by atoms with Crippen LogP contribution in [0, 0.1) is 0 Å². The zero-order chi connectivity index (χ0) is 14.7. The van der Waals surface area contributed by atoms with Crippen LogP contribution in [0.4, 0.5) is 0 Å². The topological polar surface area (TPSA) is 89.0 Å². The number of hydrogen-bond acceptors (Lipinski definition) is 5. The van der Waals surface area contributed by atoms with Crippen molar-refractivity contribution < 1.29 is 24.2 Å². The first-order valence-electron chi connectivity index (χ1n) is 6.11. The van der Waals surface area contributed by atoms with Gasteiger partial charge in [0.05, 0.1) is 0 Å². The van der Waals surface area contributed by atoms with Gasteiger partial charge in [0.2, 0.25) is 0 Å². The zero-order valence-electron chi connectivity index (χ0n) is 11.3. The predicted molar refractivity (Wildman–Crippen MR) is 68.7 cm³/mol. The summed E-state index contributed by atoms with van der Waals surface area (Å²) in [5.41, 5.74) is 0.144. The highest BCUT2D eigenvalue weighted by molar-refractivity contribution is 5.96. The van der Waals surface area contributed by atoms with Gasteiger partial charge in [-0.2, -0.15) is 0 Å². The molecule has 7 nitrogen and oxygen atoms in total. The van der Waals surface area contributed by atoms with Crippen molar-refractivity contribution in [3.63, 3.8) is 0 Å². The normalized spacial score (nSPS) is 22.0. The Morgan fingerprint density at radius 3 is 2.40 bits per heavy atom. The number of aromatic carboxylic acids is 1. The van der Waals surface area contributed by atoms with Crippen LogP contribution < -0.4 is 0 Å². The van der Waals surface area contributed by atoms with E-state index in [0.717, 1.165) is 0 Å². The van der Waals surface area contributed by atoms with Crippen molar-refractivity contribution in [3.05, 3.63) is 29.6 Å². The lowest BCUT2D eigenvalue weighted by molar-refractivity contribution is -0.00461. The van der Waals surface area contributed by atoms with Crippen LogP contribution in [-0.2, 0) is 9.47 Å². The molecule has 0 aliphatic carbocycles. The second kappa shape index (κ2) is 5.98. The number of carbonyl (C=O) groups excluding carboxylic acids is 1. The average Bonchev–Trinajstić information content (AvgIpc) is 2.89. The number of ether oxygens (including phenoxy) is 2. The summed E-state index contributed by atoms with van der Waals surface area (Å²) >= 11 is 0. The number of carboxylic acid groups (broad SMARTS) is 1. The molecule has 2 heterocycles. The third-order valence-corrected chi connectivity index (χ3v) is 3.33. The molecular weight excluding hydrogens is 264 g/mol. The van der Waals surface area contributed by atoms with Crippen molar-refractivity contribution in [2.24, 2.45) is 0 Å². The van der Waals surface area contributed by atoms with E-state index in [1.807, 2.05) is 0 Å². The van der Waals surface area contributed by atoms with Crippen LogP contribution in [0.25, 0.3) is 0 Å². The molecule has 108 valence electrons. The maximum Gasteiger partial charge on any atom is 0.354 e. The molecule has 1 aromatic rings. The Hall–Kier alpha value is -1.99. The number of pyridine rings is 1. The van der Waals surface area contributed by atoms with Crippen LogP contribution in [0.5, 0.6) is 0 Å². The molecule has 20 heavy (non-hydrogen) atoms. The summed E-state index contributed by atoms with van der Waals surface area (Å²) in [6.45, 7) is 0.830. The first kappa shape index (κ1) is 14.4. The first-order chi connectivity index (χ1) is 9.56. The summed E-state index contributed by atoms with van der Waals surface area (Å²) in [5.74, 6) is -1.41. The molecule has 2 unspecified atom stereocenters. The number of likely N-dealkylation sites (tertiary alicyclic amines) is 1. The molecule has 1 aliphatic rings. The fourth-order valence-electron chi connectivity index (χ4n) is 2.23. The second-order valence-corrected chi connectivity index (χ2v) is 4.49. The van der Waals surface area contributed by atoms with Gasteiger partial charge in [0.25, 0.3) is 5.91 Å². The smallest absolute Gasteiger partial charge is 0.354 e. The van der Waals surface area contributed by atoms with Gasteiger partial charge >= 0.3 is 5.97 Å². The van der Waals surface area contributed by atoms with Crippen LogP contribution in [0.3, 0.4) is 0 Å². The van der Waals surface area contributed by atoms with Gasteiger partial charge < -0.3 is 19.5 Å². The van der Waals surface area contributed by atoms with Gasteiger partial charge in [-0.15, -0.1) is 0 Å². The summed E-state index contributed by atoms with van der Waals surface area (Å²) < 4.78 is 10.5. The van der Waals surface area contributed by atoms with Crippen molar-refractivity contribution >= 4 is 11.9 Å². The molecule has 2 rings (SSSR count). The van der Waals surface area contributed by atoms with Crippen molar-refractivity contribution in [3.8, 4) is 0 Å². The quantitative estimate of drug-likeness (QED) is 0.851. The van der Waals surface area contributed by atoms with Gasteiger partial charge in [-0.3, -0.25) is 4.79 Å². The molecule has 0 saturated carbocycles. The Kier molecular flexibility index (Phi) is 4.31. The number of aromatic nitrogens is 1. The standard InChI is InChI=1S/C13H16N2O5/c1-19-10-6-15(7-11(10)20-2)12(16)8-3-4-14-9(5-8)13(17)18/h3-5,10-11H,6-7H2,1-2H3,(H,17,18). The monoisotopic (exact) mass is 280 g/mol. The summed E-state index contributed by atoms with van der Waals surface area (Å²) in [6.07, 6.45) is 0.962. The highest BCUT2D eigenvalue weighted by Gasteiger charge is 2.35. The van der Waals surface area contributed by atoms with E-state index < -0.39 is 5.97 Å². The Morgan fingerprint density at radius 2 is 1.90 bits per heavy atom. The van der Waals surface area contributed by atoms with Crippen molar-refractivity contribution in [2.45, 2.75) is 12.2 Å². The van der Waals surface area contributed by atoms with E-state index in [0.29, 0.717) is 18.7 Å². The molecule has 0 bridgehead atoms. The summed E-state index contributed by atoms with van der Waals surface area (Å²) in [7, 11) is 3.14. The fourth-order valence-corrected chi connectivity index (χ4v) is 2.23. The van der Waals surface area contributed by atoms with Crippen molar-refractivity contribution in [1.82, 2.24) is 9.88 Å². The molecule has 7 heteroatoms. The first-order valence-corrected chi connectivity index (χ1v) is 6.11. The lowest BCUT2D eigenvalue weighted by Gasteiger charge is -2.15. The molecule has 1 N–H and O–H groups in total. The highest BCUT2D eigenvalue weighted by atomic mass is 16.5. The zero-order valence-corrected chi connectivity index (χ0v) is 11.3. The lowest BCUT2D eigenvalue weighted by Crippen LogP contribution is -2.30. The molecule has 2 atom stereocenters. The minimum absolute atomic E-state index is 0.151. The summed E-state index contributed by atoms with van der Waals surface area (Å²) in [5, 5.41) is 8.89. The van der Waals surface area contributed by atoms with E-state index in [2.05, 4.69) is 4.98 Å². The minimum atomic E-state index is -1.16. The summed E-state index contributed by atoms with van der Waals surface area (Å²) in [6, 6.07) is 2.77. The van der Waals surface area contributed by atoms with Crippen LogP contribution in [0.15, 0.2) is 18.3 Å². The van der Waals surface area contributed by atoms with Crippen LogP contribution in [-0.4, -0.2) is 66.4 Å². The Labute approximate surface area is 116 Å². The number of amides is 1. The largest absolute Gasteiger partial charge is 0.477 e. The predicted octanol–water partition coefficient (Wildman–Crippen LogP) is 0.266. The minimum Gasteiger partial charge on any atom is -0.477 e. The maximum atomic E-state index is 12.3. The number of nitrogens with zero attached hydrogens (tertiary/aromatic N) is 2. The number of hydrogen-bond donors (Lipinski definition) is 1. The van der Waals surface area contributed by atoms with E-state index in [1.54, 1.807) is 19.1 Å². The third-order valence-electron chi connectivity index (χ3n) is 3.33. The number of methoxy groups -OCH3 is 2. The number of rotatable bonds is 4. The van der Waals surface area contributed by atoms with E-state index in [4.69, 9.17) is 14.6 Å². The van der Waals surface area contributed by atoms with E-state index in [1.165, 1.54) is 18.3 Å². The molecular formula is C13H16N2O5. The SMILES string of the molecule is COC1CN(C(=O)c2ccnc(C(=O)O)c2)CC1OC. The van der Waals surface area contributed by atoms with Crippen molar-refractivity contribution in [2.75, 3.05) is 27.3 Å². The van der Waals surface area contributed by atoms with E-state index in [9.17, 15) is 9.59 Å². The van der Waals surface area contributed by atoms with Gasteiger partial charge in [-0.05, 0) is 12.1 Å². The molecule has 0 aromatic carbocycles. The number of carboxylic acids is 1. The van der Waals surface area contributed by atoms with Gasteiger partial charge in [-0.1, -0.05) is 0 Å². The molecule has 1 saturated heterocycles. The van der Waals surface area contributed by atoms with Crippen LogP contribution in [0.2, 0.25) is 0 Å². The van der Waals surface area contributed by atoms with Gasteiger partial charge in [0, 0.05) is 39.1 Å². The molecule has 0 radical (unpaired) electrons. The molecule has 1 aromatic heterocycles. The third kappa shape index (κ3) is 2.78. The highest BCUT2D eigenvalue weighted by Crippen LogP contribution is 2.18. The maximum absolute atomic E-state index is 12.3. The average molecular weight is 280 g/mol. The second-order valence-electron chi connectivity index (χ2n) is 4.49. The van der Waals surface area contributed by atoms with Gasteiger partial charge in [0.15, 0.2) is 0 Å². The molecule has 1 fully saturated rings. The van der Waals surface area contributed by atoms with Gasteiger partial charge in [0.1, 0.15) is 17.9 Å². The molecule has 0 spiro atoms. The molecule has 1 aliphatic heterocycles. The Morgan fingerprint density at radius 1 is 1.30 bits per heavy atom. The molecule has 1 amide bonds. The Balaban J connectivity index is 2.16. The van der Waals surface area contributed by atoms with E-state index >= 15 is 0 Å². The Bertz CT molecular complexity index is 507. The van der Waals surface area contributed by atoms with Gasteiger partial charge in [-0.25, -0.2) is 9.78 Å². The lowest BCUT2D eigenvalue weighted by atomic mass is 10.2. The number of carbonyl (C=O) groups is 2.